The summed E-state index contributed by atoms with van der Waals surface area (Å²) in [6.45, 7) is 0.581. The van der Waals surface area contributed by atoms with Crippen LogP contribution in [0.3, 0.4) is 0 Å². The van der Waals surface area contributed by atoms with Gasteiger partial charge in [0.05, 0.1) is 0 Å². The van der Waals surface area contributed by atoms with E-state index >= 15 is 0 Å². The number of carboxylic acid groups (broad SMARTS) is 1. The van der Waals surface area contributed by atoms with Crippen LogP contribution in [0.2, 0.25) is 0 Å². The molecule has 1 aromatic rings. The van der Waals surface area contributed by atoms with E-state index in [1.165, 1.54) is 6.08 Å². The molecule has 1 aromatic carbocycles. The Morgan fingerprint density at radius 3 is 2.53 bits per heavy atom. The van der Waals surface area contributed by atoms with E-state index in [4.69, 9.17) is 5.11 Å². The van der Waals surface area contributed by atoms with Crippen molar-refractivity contribution in [2.75, 3.05) is 6.54 Å². The zero-order chi connectivity index (χ0) is 13.9. The number of unbranched alkanes of at least 4 members (excludes halogenated alkanes) is 2. The highest BCUT2D eigenvalue weighted by molar-refractivity contribution is 5.91. The molecule has 0 radical (unpaired) electrons. The van der Waals surface area contributed by atoms with Gasteiger partial charge < -0.3 is 10.4 Å². The van der Waals surface area contributed by atoms with Crippen LogP contribution in [0, 0.1) is 0 Å². The van der Waals surface area contributed by atoms with E-state index in [0.29, 0.717) is 13.0 Å². The van der Waals surface area contributed by atoms with Crippen LogP contribution in [0.1, 0.15) is 31.2 Å². The van der Waals surface area contributed by atoms with Crippen molar-refractivity contribution >= 4 is 18.0 Å². The van der Waals surface area contributed by atoms with Crippen LogP contribution >= 0.6 is 0 Å². The first-order valence-electron chi connectivity index (χ1n) is 6.41. The lowest BCUT2D eigenvalue weighted by Crippen LogP contribution is -2.22. The summed E-state index contributed by atoms with van der Waals surface area (Å²) in [6, 6.07) is 9.61. The molecular weight excluding hydrogens is 242 g/mol. The molecule has 0 heterocycles. The maximum atomic E-state index is 11.5. The Hall–Kier alpha value is -2.10. The fourth-order valence-corrected chi connectivity index (χ4v) is 1.58. The lowest BCUT2D eigenvalue weighted by molar-refractivity contribution is -0.137. The van der Waals surface area contributed by atoms with Gasteiger partial charge in [-0.2, -0.15) is 0 Å². The van der Waals surface area contributed by atoms with Crippen LogP contribution in [-0.2, 0) is 9.59 Å². The van der Waals surface area contributed by atoms with E-state index in [1.807, 2.05) is 30.3 Å². The van der Waals surface area contributed by atoms with E-state index in [0.717, 1.165) is 18.4 Å². The fraction of sp³-hybridized carbons (Fsp3) is 0.333. The highest BCUT2D eigenvalue weighted by Crippen LogP contribution is 2.01. The van der Waals surface area contributed by atoms with Gasteiger partial charge in [0.2, 0.25) is 5.91 Å². The lowest BCUT2D eigenvalue weighted by Gasteiger charge is -2.01. The molecule has 0 fully saturated rings. The SMILES string of the molecule is O=C(O)CCCCCNC(=O)C=Cc1ccccc1. The third kappa shape index (κ3) is 7.76. The monoisotopic (exact) mass is 261 g/mol. The minimum absolute atomic E-state index is 0.123. The number of hydrogen-bond acceptors (Lipinski definition) is 2. The fourth-order valence-electron chi connectivity index (χ4n) is 1.58. The third-order valence-corrected chi connectivity index (χ3v) is 2.59. The second-order valence-electron chi connectivity index (χ2n) is 4.24. The lowest BCUT2D eigenvalue weighted by atomic mass is 10.2. The third-order valence-electron chi connectivity index (χ3n) is 2.59. The van der Waals surface area contributed by atoms with E-state index in [1.54, 1.807) is 6.08 Å². The smallest absolute Gasteiger partial charge is 0.303 e. The Kier molecular flexibility index (Phi) is 7.02. The molecular formula is C15H19NO3. The molecule has 0 aliphatic heterocycles. The van der Waals surface area contributed by atoms with Crippen LogP contribution in [0.15, 0.2) is 36.4 Å². The number of carboxylic acids is 1. The molecule has 2 N–H and O–H groups in total. The molecule has 4 nitrogen and oxygen atoms in total. The summed E-state index contributed by atoms with van der Waals surface area (Å²) in [5.41, 5.74) is 0.985. The number of rotatable bonds is 8. The molecule has 0 atom stereocenters. The molecule has 4 heteroatoms. The second kappa shape index (κ2) is 8.91. The average Bonchev–Trinajstić information content (AvgIpc) is 2.41. The first kappa shape index (κ1) is 15.0. The van der Waals surface area contributed by atoms with Crippen molar-refractivity contribution in [3.05, 3.63) is 42.0 Å². The number of carbonyl (C=O) groups is 2. The number of amides is 1. The Morgan fingerprint density at radius 2 is 1.84 bits per heavy atom. The largest absolute Gasteiger partial charge is 0.481 e. The molecule has 1 amide bonds. The number of hydrogen-bond donors (Lipinski definition) is 2. The van der Waals surface area contributed by atoms with Gasteiger partial charge in [0.1, 0.15) is 0 Å². The van der Waals surface area contributed by atoms with Crippen molar-refractivity contribution in [3.63, 3.8) is 0 Å². The first-order chi connectivity index (χ1) is 9.18. The van der Waals surface area contributed by atoms with Crippen LogP contribution in [0.25, 0.3) is 6.08 Å². The Bertz CT molecular complexity index is 426. The number of nitrogens with one attached hydrogen (secondary N) is 1. The van der Waals surface area contributed by atoms with E-state index < -0.39 is 5.97 Å². The van der Waals surface area contributed by atoms with Crippen LogP contribution < -0.4 is 5.32 Å². The molecule has 0 aliphatic carbocycles. The minimum Gasteiger partial charge on any atom is -0.481 e. The Labute approximate surface area is 113 Å². The van der Waals surface area contributed by atoms with Crippen molar-refractivity contribution in [2.45, 2.75) is 25.7 Å². The van der Waals surface area contributed by atoms with Crippen molar-refractivity contribution in [1.29, 1.82) is 0 Å². The van der Waals surface area contributed by atoms with E-state index in [2.05, 4.69) is 5.32 Å². The predicted molar refractivity (Wildman–Crippen MR) is 74.6 cm³/mol. The van der Waals surface area contributed by atoms with E-state index in [-0.39, 0.29) is 12.3 Å². The first-order valence-corrected chi connectivity index (χ1v) is 6.41. The van der Waals surface area contributed by atoms with Crippen molar-refractivity contribution in [3.8, 4) is 0 Å². The predicted octanol–water partition coefficient (Wildman–Crippen LogP) is 2.46. The summed E-state index contributed by atoms with van der Waals surface area (Å²) in [4.78, 5) is 21.7. The van der Waals surface area contributed by atoms with Crippen molar-refractivity contribution < 1.29 is 14.7 Å². The molecule has 0 saturated heterocycles. The Morgan fingerprint density at radius 1 is 1.11 bits per heavy atom. The van der Waals surface area contributed by atoms with Crippen LogP contribution in [0.5, 0.6) is 0 Å². The summed E-state index contributed by atoms with van der Waals surface area (Å²) in [5.74, 6) is -0.892. The normalized spacial score (nSPS) is 10.5. The molecule has 0 aromatic heterocycles. The zero-order valence-corrected chi connectivity index (χ0v) is 10.8. The summed E-state index contributed by atoms with van der Waals surface area (Å²) in [6.07, 6.45) is 5.74. The highest BCUT2D eigenvalue weighted by Gasteiger charge is 1.97. The number of benzene rings is 1. The Balaban J connectivity index is 2.11. The maximum Gasteiger partial charge on any atom is 0.303 e. The van der Waals surface area contributed by atoms with Crippen molar-refractivity contribution in [2.24, 2.45) is 0 Å². The summed E-state index contributed by atoms with van der Waals surface area (Å²) < 4.78 is 0. The van der Waals surface area contributed by atoms with Gasteiger partial charge in [-0.25, -0.2) is 0 Å². The summed E-state index contributed by atoms with van der Waals surface area (Å²) in [5, 5.41) is 11.2. The summed E-state index contributed by atoms with van der Waals surface area (Å²) in [7, 11) is 0. The minimum atomic E-state index is -0.769. The molecule has 0 unspecified atom stereocenters. The van der Waals surface area contributed by atoms with Gasteiger partial charge in [-0.15, -0.1) is 0 Å². The van der Waals surface area contributed by atoms with E-state index in [9.17, 15) is 9.59 Å². The van der Waals surface area contributed by atoms with Gasteiger partial charge in [0.25, 0.3) is 0 Å². The average molecular weight is 261 g/mol. The standard InChI is InChI=1S/C15H19NO3/c17-14(11-10-13-7-3-1-4-8-13)16-12-6-2-5-9-15(18)19/h1,3-4,7-8,10-11H,2,5-6,9,12H2,(H,16,17)(H,18,19). The van der Waals surface area contributed by atoms with Gasteiger partial charge in [-0.05, 0) is 24.5 Å². The highest BCUT2D eigenvalue weighted by atomic mass is 16.4. The topological polar surface area (TPSA) is 66.4 Å². The molecule has 0 aliphatic rings. The molecule has 102 valence electrons. The van der Waals surface area contributed by atoms with Gasteiger partial charge in [0, 0.05) is 19.0 Å². The van der Waals surface area contributed by atoms with Gasteiger partial charge in [-0.3, -0.25) is 9.59 Å². The molecule has 0 spiro atoms. The number of aliphatic carboxylic acids is 1. The van der Waals surface area contributed by atoms with Gasteiger partial charge in [-0.1, -0.05) is 36.8 Å². The molecule has 0 saturated carbocycles. The number of carbonyl (C=O) groups excluding carboxylic acids is 1. The van der Waals surface area contributed by atoms with Gasteiger partial charge >= 0.3 is 5.97 Å². The second-order valence-corrected chi connectivity index (χ2v) is 4.24. The molecule has 1 rings (SSSR count). The van der Waals surface area contributed by atoms with Crippen molar-refractivity contribution in [1.82, 2.24) is 5.32 Å². The quantitative estimate of drug-likeness (QED) is 0.558. The van der Waals surface area contributed by atoms with Crippen LogP contribution in [0.4, 0.5) is 0 Å². The van der Waals surface area contributed by atoms with Crippen LogP contribution in [-0.4, -0.2) is 23.5 Å². The molecule has 0 bridgehead atoms. The zero-order valence-electron chi connectivity index (χ0n) is 10.8. The molecule has 19 heavy (non-hydrogen) atoms. The summed E-state index contributed by atoms with van der Waals surface area (Å²) >= 11 is 0. The van der Waals surface area contributed by atoms with Gasteiger partial charge in [0.15, 0.2) is 0 Å². The maximum absolute atomic E-state index is 11.5.